The van der Waals surface area contributed by atoms with E-state index in [2.05, 4.69) is 36.5 Å². The highest BCUT2D eigenvalue weighted by molar-refractivity contribution is 6.31. The smallest absolute Gasteiger partial charge is 0.0577 e. The van der Waals surface area contributed by atoms with E-state index in [4.69, 9.17) is 17.3 Å². The predicted octanol–water partition coefficient (Wildman–Crippen LogP) is 4.36. The Bertz CT molecular complexity index is 526. The van der Waals surface area contributed by atoms with Crippen LogP contribution in [0.1, 0.15) is 18.9 Å². The third-order valence-electron chi connectivity index (χ3n) is 3.12. The summed E-state index contributed by atoms with van der Waals surface area (Å²) >= 11 is 5.89. The summed E-state index contributed by atoms with van der Waals surface area (Å²) in [4.78, 5) is 0. The van der Waals surface area contributed by atoms with E-state index in [0.717, 1.165) is 18.5 Å². The van der Waals surface area contributed by atoms with Crippen LogP contribution in [0.2, 0.25) is 5.02 Å². The Kier molecular flexibility index (Phi) is 4.69. The van der Waals surface area contributed by atoms with Gasteiger partial charge < -0.3 is 11.1 Å². The van der Waals surface area contributed by atoms with E-state index in [0.29, 0.717) is 16.8 Å². The van der Waals surface area contributed by atoms with Crippen molar-refractivity contribution in [2.24, 2.45) is 0 Å². The number of anilines is 2. The molecule has 0 aromatic heterocycles. The molecule has 0 heterocycles. The summed E-state index contributed by atoms with van der Waals surface area (Å²) in [6.45, 7) is 2.16. The number of nitrogen functional groups attached to an aromatic ring is 1. The highest BCUT2D eigenvalue weighted by Gasteiger charge is 2.05. The first-order chi connectivity index (χ1) is 9.15. The van der Waals surface area contributed by atoms with Crippen LogP contribution in [-0.4, -0.2) is 6.04 Å². The van der Waals surface area contributed by atoms with E-state index in [1.54, 1.807) is 6.07 Å². The van der Waals surface area contributed by atoms with Crippen molar-refractivity contribution in [1.29, 1.82) is 0 Å². The highest BCUT2D eigenvalue weighted by Crippen LogP contribution is 2.23. The molecule has 0 saturated carbocycles. The molecule has 0 bridgehead atoms. The molecule has 0 aliphatic heterocycles. The maximum Gasteiger partial charge on any atom is 0.0577 e. The van der Waals surface area contributed by atoms with E-state index >= 15 is 0 Å². The largest absolute Gasteiger partial charge is 0.397 e. The molecule has 1 unspecified atom stereocenters. The zero-order valence-corrected chi connectivity index (χ0v) is 11.8. The minimum absolute atomic E-state index is 0.365. The van der Waals surface area contributed by atoms with Gasteiger partial charge in [-0.3, -0.25) is 0 Å². The molecule has 1 atom stereocenters. The summed E-state index contributed by atoms with van der Waals surface area (Å²) < 4.78 is 0. The number of rotatable bonds is 5. The van der Waals surface area contributed by atoms with Crippen molar-refractivity contribution in [1.82, 2.24) is 0 Å². The summed E-state index contributed by atoms with van der Waals surface area (Å²) in [6, 6.07) is 16.4. The molecule has 2 aromatic rings. The second-order valence-electron chi connectivity index (χ2n) is 4.80. The normalized spacial score (nSPS) is 12.1. The number of nitrogens with one attached hydrogen (secondary N) is 1. The number of aryl methyl sites for hydroxylation is 1. The second kappa shape index (κ2) is 6.48. The maximum atomic E-state index is 5.93. The van der Waals surface area contributed by atoms with Crippen molar-refractivity contribution in [3.63, 3.8) is 0 Å². The van der Waals surface area contributed by atoms with Crippen LogP contribution in [0.5, 0.6) is 0 Å². The van der Waals surface area contributed by atoms with Crippen molar-refractivity contribution in [2.45, 2.75) is 25.8 Å². The van der Waals surface area contributed by atoms with Crippen LogP contribution in [0.25, 0.3) is 0 Å². The molecule has 0 spiro atoms. The molecule has 2 nitrogen and oxygen atoms in total. The van der Waals surface area contributed by atoms with Gasteiger partial charge in [-0.25, -0.2) is 0 Å². The van der Waals surface area contributed by atoms with Gasteiger partial charge in [-0.2, -0.15) is 0 Å². The molecule has 0 aliphatic carbocycles. The fourth-order valence-electron chi connectivity index (χ4n) is 2.03. The minimum atomic E-state index is 0.365. The Balaban J connectivity index is 1.89. The van der Waals surface area contributed by atoms with Gasteiger partial charge in [0.05, 0.1) is 11.4 Å². The van der Waals surface area contributed by atoms with Crippen molar-refractivity contribution < 1.29 is 0 Å². The summed E-state index contributed by atoms with van der Waals surface area (Å²) in [5, 5.41) is 4.09. The zero-order chi connectivity index (χ0) is 13.7. The molecule has 100 valence electrons. The fourth-order valence-corrected chi connectivity index (χ4v) is 2.21. The number of hydrogen-bond donors (Lipinski definition) is 2. The Hall–Kier alpha value is -1.67. The molecule has 2 aromatic carbocycles. The summed E-state index contributed by atoms with van der Waals surface area (Å²) in [6.07, 6.45) is 2.12. The average molecular weight is 275 g/mol. The van der Waals surface area contributed by atoms with Gasteiger partial charge in [0.2, 0.25) is 0 Å². The van der Waals surface area contributed by atoms with E-state index in [1.807, 2.05) is 18.2 Å². The lowest BCUT2D eigenvalue weighted by atomic mass is 10.1. The van der Waals surface area contributed by atoms with E-state index in [9.17, 15) is 0 Å². The fraction of sp³-hybridized carbons (Fsp3) is 0.250. The third-order valence-corrected chi connectivity index (χ3v) is 3.36. The van der Waals surface area contributed by atoms with Crippen LogP contribution in [0.4, 0.5) is 11.4 Å². The standard InChI is InChI=1S/C16H19ClN2/c1-12(7-8-13-5-3-2-4-6-13)19-16-10-9-14(17)11-15(16)18/h2-6,9-12,19H,7-8,18H2,1H3. The van der Waals surface area contributed by atoms with Crippen LogP contribution in [0.15, 0.2) is 48.5 Å². The Morgan fingerprint density at radius 3 is 2.58 bits per heavy atom. The molecule has 0 aliphatic rings. The number of benzene rings is 2. The molecule has 2 rings (SSSR count). The molecular weight excluding hydrogens is 256 g/mol. The van der Waals surface area contributed by atoms with Crippen LogP contribution in [0, 0.1) is 0 Å². The Morgan fingerprint density at radius 2 is 1.89 bits per heavy atom. The molecule has 0 radical (unpaired) electrons. The molecule has 3 N–H and O–H groups in total. The Morgan fingerprint density at radius 1 is 1.16 bits per heavy atom. The van der Waals surface area contributed by atoms with Gasteiger partial charge in [0.15, 0.2) is 0 Å². The van der Waals surface area contributed by atoms with Gasteiger partial charge in [-0.05, 0) is 43.5 Å². The van der Waals surface area contributed by atoms with Gasteiger partial charge >= 0.3 is 0 Å². The first-order valence-corrected chi connectivity index (χ1v) is 6.88. The quantitative estimate of drug-likeness (QED) is 0.795. The minimum Gasteiger partial charge on any atom is -0.397 e. The predicted molar refractivity (Wildman–Crippen MR) is 83.7 cm³/mol. The first kappa shape index (κ1) is 13.8. The number of hydrogen-bond acceptors (Lipinski definition) is 2. The lowest BCUT2D eigenvalue weighted by Crippen LogP contribution is -2.16. The monoisotopic (exact) mass is 274 g/mol. The second-order valence-corrected chi connectivity index (χ2v) is 5.24. The van der Waals surface area contributed by atoms with E-state index < -0.39 is 0 Å². The average Bonchev–Trinajstić information content (AvgIpc) is 2.41. The summed E-state index contributed by atoms with van der Waals surface area (Å²) in [7, 11) is 0. The van der Waals surface area contributed by atoms with Crippen molar-refractivity contribution in [3.8, 4) is 0 Å². The third kappa shape index (κ3) is 4.18. The Labute approximate surface area is 119 Å². The molecule has 0 fully saturated rings. The van der Waals surface area contributed by atoms with Crippen LogP contribution in [-0.2, 0) is 6.42 Å². The topological polar surface area (TPSA) is 38.0 Å². The van der Waals surface area contributed by atoms with E-state index in [1.165, 1.54) is 5.56 Å². The van der Waals surface area contributed by atoms with Gasteiger partial charge in [0, 0.05) is 11.1 Å². The lowest BCUT2D eigenvalue weighted by molar-refractivity contribution is 0.706. The summed E-state index contributed by atoms with van der Waals surface area (Å²) in [5.41, 5.74) is 8.93. The molecular formula is C16H19ClN2. The van der Waals surface area contributed by atoms with Crippen LogP contribution in [0.3, 0.4) is 0 Å². The van der Waals surface area contributed by atoms with Crippen LogP contribution < -0.4 is 11.1 Å². The summed E-state index contributed by atoms with van der Waals surface area (Å²) in [5.74, 6) is 0. The van der Waals surface area contributed by atoms with Crippen molar-refractivity contribution in [3.05, 3.63) is 59.1 Å². The van der Waals surface area contributed by atoms with Crippen molar-refractivity contribution >= 4 is 23.0 Å². The molecule has 3 heteroatoms. The van der Waals surface area contributed by atoms with Gasteiger partial charge in [0.25, 0.3) is 0 Å². The highest BCUT2D eigenvalue weighted by atomic mass is 35.5. The first-order valence-electron chi connectivity index (χ1n) is 6.50. The zero-order valence-electron chi connectivity index (χ0n) is 11.1. The molecule has 19 heavy (non-hydrogen) atoms. The van der Waals surface area contributed by atoms with Crippen LogP contribution >= 0.6 is 11.6 Å². The van der Waals surface area contributed by atoms with Gasteiger partial charge in [-0.15, -0.1) is 0 Å². The van der Waals surface area contributed by atoms with Gasteiger partial charge in [0.1, 0.15) is 0 Å². The van der Waals surface area contributed by atoms with Gasteiger partial charge in [-0.1, -0.05) is 41.9 Å². The molecule has 0 amide bonds. The van der Waals surface area contributed by atoms with Crippen molar-refractivity contribution in [2.75, 3.05) is 11.1 Å². The molecule has 0 saturated heterocycles. The SMILES string of the molecule is CC(CCc1ccccc1)Nc1ccc(Cl)cc1N. The lowest BCUT2D eigenvalue weighted by Gasteiger charge is -2.17. The maximum absolute atomic E-state index is 5.93. The van der Waals surface area contributed by atoms with E-state index in [-0.39, 0.29) is 0 Å². The number of nitrogens with two attached hydrogens (primary N) is 1. The number of halogens is 1.